The minimum absolute atomic E-state index is 0.716. The molecule has 1 aliphatic heterocycles. The lowest BCUT2D eigenvalue weighted by atomic mass is 9.88. The van der Waals surface area contributed by atoms with Crippen molar-refractivity contribution in [1.29, 1.82) is 0 Å². The Bertz CT molecular complexity index is 292. The molecule has 2 nitrogen and oxygen atoms in total. The van der Waals surface area contributed by atoms with Crippen LogP contribution in [0.5, 0.6) is 0 Å². The highest BCUT2D eigenvalue weighted by Crippen LogP contribution is 2.38. The lowest BCUT2D eigenvalue weighted by Crippen LogP contribution is -2.52. The molecule has 0 aromatic heterocycles. The largest absolute Gasteiger partial charge is 0.312 e. The Kier molecular flexibility index (Phi) is 5.04. The molecule has 2 atom stereocenters. The van der Waals surface area contributed by atoms with Crippen LogP contribution in [-0.2, 0) is 0 Å². The van der Waals surface area contributed by atoms with Crippen LogP contribution >= 0.6 is 0 Å². The minimum Gasteiger partial charge on any atom is -0.312 e. The average molecular weight is 278 g/mol. The number of likely N-dealkylation sites (tertiary alicyclic amines) is 1. The highest BCUT2D eigenvalue weighted by molar-refractivity contribution is 4.88. The quantitative estimate of drug-likeness (QED) is 0.797. The molecule has 1 N–H and O–H groups in total. The zero-order valence-electron chi connectivity index (χ0n) is 13.6. The normalized spacial score (nSPS) is 33.1. The van der Waals surface area contributed by atoms with E-state index in [2.05, 4.69) is 24.1 Å². The van der Waals surface area contributed by atoms with E-state index < -0.39 is 0 Å². The molecular formula is C18H34N2. The van der Waals surface area contributed by atoms with E-state index in [1.165, 1.54) is 71.0 Å². The summed E-state index contributed by atoms with van der Waals surface area (Å²) in [6.07, 6.45) is 11.9. The first kappa shape index (κ1) is 14.8. The van der Waals surface area contributed by atoms with Crippen molar-refractivity contribution >= 4 is 0 Å². The van der Waals surface area contributed by atoms with Crippen molar-refractivity contribution in [2.45, 2.75) is 77.3 Å². The van der Waals surface area contributed by atoms with Gasteiger partial charge in [0, 0.05) is 25.2 Å². The fourth-order valence-corrected chi connectivity index (χ4v) is 4.35. The Morgan fingerprint density at radius 1 is 0.950 bits per heavy atom. The number of rotatable bonds is 6. The van der Waals surface area contributed by atoms with Crippen molar-refractivity contribution in [2.24, 2.45) is 17.8 Å². The number of nitrogens with one attached hydrogen (secondary N) is 1. The van der Waals surface area contributed by atoms with Gasteiger partial charge in [0.15, 0.2) is 0 Å². The van der Waals surface area contributed by atoms with Gasteiger partial charge in [0.05, 0.1) is 0 Å². The summed E-state index contributed by atoms with van der Waals surface area (Å²) < 4.78 is 0. The second-order valence-electron chi connectivity index (χ2n) is 8.08. The fourth-order valence-electron chi connectivity index (χ4n) is 4.35. The lowest BCUT2D eigenvalue weighted by molar-refractivity contribution is 0.103. The molecule has 20 heavy (non-hydrogen) atoms. The van der Waals surface area contributed by atoms with Crippen LogP contribution in [-0.4, -0.2) is 36.6 Å². The first-order valence-corrected chi connectivity index (χ1v) is 9.18. The van der Waals surface area contributed by atoms with Crippen molar-refractivity contribution in [3.63, 3.8) is 0 Å². The summed E-state index contributed by atoms with van der Waals surface area (Å²) in [6.45, 7) is 8.66. The Morgan fingerprint density at radius 2 is 1.70 bits per heavy atom. The maximum Gasteiger partial charge on any atom is 0.0198 e. The summed E-state index contributed by atoms with van der Waals surface area (Å²) in [5, 5.41) is 3.93. The summed E-state index contributed by atoms with van der Waals surface area (Å²) in [5.41, 5.74) is 0. The number of nitrogens with zero attached hydrogens (tertiary/aromatic N) is 1. The molecule has 0 aromatic carbocycles. The minimum atomic E-state index is 0.716. The van der Waals surface area contributed by atoms with Crippen LogP contribution in [0.25, 0.3) is 0 Å². The van der Waals surface area contributed by atoms with Gasteiger partial charge in [-0.15, -0.1) is 0 Å². The van der Waals surface area contributed by atoms with Gasteiger partial charge in [0.25, 0.3) is 0 Å². The third-order valence-electron chi connectivity index (χ3n) is 5.83. The monoisotopic (exact) mass is 278 g/mol. The van der Waals surface area contributed by atoms with Crippen molar-refractivity contribution in [2.75, 3.05) is 19.6 Å². The van der Waals surface area contributed by atoms with E-state index in [4.69, 9.17) is 0 Å². The van der Waals surface area contributed by atoms with Crippen LogP contribution in [0.3, 0.4) is 0 Å². The molecule has 1 saturated heterocycles. The summed E-state index contributed by atoms with van der Waals surface area (Å²) >= 11 is 0. The van der Waals surface area contributed by atoms with Gasteiger partial charge in [-0.25, -0.2) is 0 Å². The fraction of sp³-hybridized carbons (Fsp3) is 1.00. The predicted molar refractivity (Wildman–Crippen MR) is 85.9 cm³/mol. The zero-order chi connectivity index (χ0) is 13.9. The molecule has 3 fully saturated rings. The van der Waals surface area contributed by atoms with Crippen LogP contribution in [0.4, 0.5) is 0 Å². The van der Waals surface area contributed by atoms with E-state index in [-0.39, 0.29) is 0 Å². The maximum absolute atomic E-state index is 3.93. The smallest absolute Gasteiger partial charge is 0.0198 e. The topological polar surface area (TPSA) is 15.3 Å². The molecule has 116 valence electrons. The molecule has 0 radical (unpaired) electrons. The van der Waals surface area contributed by atoms with Gasteiger partial charge in [-0.3, -0.25) is 4.90 Å². The number of hydrogen-bond donors (Lipinski definition) is 1. The van der Waals surface area contributed by atoms with Crippen molar-refractivity contribution in [1.82, 2.24) is 10.2 Å². The molecule has 2 heteroatoms. The number of hydrogen-bond acceptors (Lipinski definition) is 2. The molecule has 1 heterocycles. The Hall–Kier alpha value is -0.0800. The van der Waals surface area contributed by atoms with Gasteiger partial charge in [0.2, 0.25) is 0 Å². The highest BCUT2D eigenvalue weighted by Gasteiger charge is 2.33. The van der Waals surface area contributed by atoms with Crippen LogP contribution < -0.4 is 5.32 Å². The van der Waals surface area contributed by atoms with Gasteiger partial charge in [-0.05, 0) is 63.8 Å². The molecule has 0 aromatic rings. The molecule has 0 spiro atoms. The number of piperidine rings is 1. The Labute approximate surface area is 125 Å². The highest BCUT2D eigenvalue weighted by atomic mass is 15.2. The van der Waals surface area contributed by atoms with Crippen molar-refractivity contribution in [3.8, 4) is 0 Å². The van der Waals surface area contributed by atoms with Gasteiger partial charge in [-0.1, -0.05) is 25.7 Å². The molecule has 0 amide bonds. The van der Waals surface area contributed by atoms with E-state index in [1.54, 1.807) is 0 Å². The van der Waals surface area contributed by atoms with Crippen LogP contribution in [0.1, 0.15) is 65.2 Å². The van der Waals surface area contributed by atoms with Gasteiger partial charge in [0.1, 0.15) is 0 Å². The zero-order valence-corrected chi connectivity index (χ0v) is 13.6. The van der Waals surface area contributed by atoms with E-state index in [1.807, 2.05) is 0 Å². The molecule has 2 saturated carbocycles. The first-order valence-electron chi connectivity index (χ1n) is 9.18. The van der Waals surface area contributed by atoms with E-state index in [9.17, 15) is 0 Å². The van der Waals surface area contributed by atoms with Gasteiger partial charge >= 0.3 is 0 Å². The average Bonchev–Trinajstić information content (AvgIpc) is 3.08. The van der Waals surface area contributed by atoms with Gasteiger partial charge in [-0.2, -0.15) is 0 Å². The summed E-state index contributed by atoms with van der Waals surface area (Å²) in [7, 11) is 0. The standard InChI is InChI=1S/C18H34N2/c1-14(2)20-12-17(9-15-7-8-15)10-18(13-20)19-11-16-5-3-4-6-16/h14-19H,3-13H2,1-2H3. The SMILES string of the molecule is CC(C)N1CC(CC2CC2)CC(NCC2CCCC2)C1. The Morgan fingerprint density at radius 3 is 2.35 bits per heavy atom. The summed E-state index contributed by atoms with van der Waals surface area (Å²) in [4.78, 5) is 2.73. The summed E-state index contributed by atoms with van der Waals surface area (Å²) in [6, 6.07) is 1.48. The third-order valence-corrected chi connectivity index (χ3v) is 5.83. The van der Waals surface area contributed by atoms with Crippen molar-refractivity contribution < 1.29 is 0 Å². The summed E-state index contributed by atoms with van der Waals surface area (Å²) in [5.74, 6) is 3.02. The molecule has 2 aliphatic carbocycles. The van der Waals surface area contributed by atoms with E-state index in [0.717, 1.165) is 23.8 Å². The molecular weight excluding hydrogens is 244 g/mol. The third kappa shape index (κ3) is 4.21. The van der Waals surface area contributed by atoms with E-state index >= 15 is 0 Å². The second-order valence-corrected chi connectivity index (χ2v) is 8.08. The van der Waals surface area contributed by atoms with Crippen LogP contribution in [0, 0.1) is 17.8 Å². The van der Waals surface area contributed by atoms with Crippen molar-refractivity contribution in [3.05, 3.63) is 0 Å². The first-order chi connectivity index (χ1) is 9.70. The maximum atomic E-state index is 3.93. The predicted octanol–water partition coefficient (Wildman–Crippen LogP) is 3.67. The molecule has 0 bridgehead atoms. The van der Waals surface area contributed by atoms with Crippen LogP contribution in [0.2, 0.25) is 0 Å². The molecule has 3 rings (SSSR count). The van der Waals surface area contributed by atoms with E-state index in [0.29, 0.717) is 6.04 Å². The van der Waals surface area contributed by atoms with Gasteiger partial charge < -0.3 is 5.32 Å². The molecule has 3 aliphatic rings. The lowest BCUT2D eigenvalue weighted by Gasteiger charge is -2.41. The second kappa shape index (κ2) is 6.79. The van der Waals surface area contributed by atoms with Crippen LogP contribution in [0.15, 0.2) is 0 Å². The molecule has 2 unspecified atom stereocenters. The Balaban J connectivity index is 1.48.